The number of hydrogen-bond donors (Lipinski definition) is 0. The molecule has 0 aliphatic carbocycles. The summed E-state index contributed by atoms with van der Waals surface area (Å²) in [5.74, 6) is 0. The topological polar surface area (TPSA) is 32.3 Å². The van der Waals surface area contributed by atoms with Crippen molar-refractivity contribution in [1.29, 1.82) is 0 Å². The largest absolute Gasteiger partial charge is 0.311 e. The molecule has 2 aliphatic heterocycles. The fraction of sp³-hybridized carbons (Fsp3) is 0.0500. The van der Waals surface area contributed by atoms with E-state index in [-0.39, 0.29) is 12.1 Å². The van der Waals surface area contributed by atoms with E-state index < -0.39 is 0 Å². The van der Waals surface area contributed by atoms with Crippen molar-refractivity contribution in [3.8, 4) is 89.5 Å². The molecule has 2 aliphatic rings. The molecule has 0 bridgehead atoms. The van der Waals surface area contributed by atoms with Crippen LogP contribution in [0.2, 0.25) is 0 Å². The average molecular weight is 1090 g/mol. The average Bonchev–Trinajstić information content (AvgIpc) is 0.732. The fourth-order valence-corrected chi connectivity index (χ4v) is 12.9. The highest BCUT2D eigenvalue weighted by Gasteiger charge is 2.47. The van der Waals surface area contributed by atoms with Gasteiger partial charge in [0.15, 0.2) is 0 Å². The van der Waals surface area contributed by atoms with Gasteiger partial charge >= 0.3 is 0 Å². The van der Waals surface area contributed by atoms with E-state index in [0.29, 0.717) is 0 Å². The van der Waals surface area contributed by atoms with Gasteiger partial charge in [-0.05, 0) is 133 Å². The third kappa shape index (κ3) is 9.22. The molecule has 85 heavy (non-hydrogen) atoms. The van der Waals surface area contributed by atoms with Gasteiger partial charge in [0.2, 0.25) is 0 Å². The van der Waals surface area contributed by atoms with Crippen LogP contribution in [-0.2, 0) is 5.41 Å². The summed E-state index contributed by atoms with van der Waals surface area (Å²) >= 11 is 0. The molecule has 0 radical (unpaired) electrons. The molecule has 5 heteroatoms. The van der Waals surface area contributed by atoms with Crippen molar-refractivity contribution in [1.82, 2.24) is 9.97 Å². The molecule has 0 atom stereocenters. The van der Waals surface area contributed by atoms with Crippen molar-refractivity contribution in [2.45, 2.75) is 26.2 Å². The highest BCUT2D eigenvalue weighted by atomic mass is 15.2. The van der Waals surface area contributed by atoms with Crippen LogP contribution in [-0.4, -0.2) is 16.7 Å². The molecule has 0 fully saturated rings. The second-order valence-corrected chi connectivity index (χ2v) is 23.2. The molecule has 0 unspecified atom stereocenters. The summed E-state index contributed by atoms with van der Waals surface area (Å²) in [5, 5.41) is 0. The molecule has 0 saturated carbocycles. The molecule has 402 valence electrons. The van der Waals surface area contributed by atoms with Crippen LogP contribution in [0.15, 0.2) is 303 Å². The number of pyridine rings is 2. The van der Waals surface area contributed by atoms with E-state index >= 15 is 0 Å². The summed E-state index contributed by atoms with van der Waals surface area (Å²) in [5.41, 5.74) is 28.2. The van der Waals surface area contributed by atoms with Gasteiger partial charge in [0.05, 0.1) is 34.2 Å². The Morgan fingerprint density at radius 2 is 0.612 bits per heavy atom. The van der Waals surface area contributed by atoms with E-state index in [1.54, 1.807) is 0 Å². The van der Waals surface area contributed by atoms with E-state index in [0.717, 1.165) is 113 Å². The van der Waals surface area contributed by atoms with Crippen molar-refractivity contribution in [3.05, 3.63) is 309 Å². The maximum absolute atomic E-state index is 5.70. The minimum Gasteiger partial charge on any atom is -0.311 e. The number of rotatable bonds is 10. The zero-order valence-electron chi connectivity index (χ0n) is 47.7. The van der Waals surface area contributed by atoms with Gasteiger partial charge in [0.1, 0.15) is 0 Å². The molecular formula is C80H59BN4. The van der Waals surface area contributed by atoms with Gasteiger partial charge in [-0.3, -0.25) is 0 Å². The number of aromatic nitrogens is 2. The lowest BCUT2D eigenvalue weighted by Crippen LogP contribution is -2.61. The molecule has 15 rings (SSSR count). The molecule has 2 aromatic heterocycles. The zero-order chi connectivity index (χ0) is 57.0. The second-order valence-electron chi connectivity index (χ2n) is 23.2. The Kier molecular flexibility index (Phi) is 12.8. The maximum Gasteiger partial charge on any atom is 0.252 e. The van der Waals surface area contributed by atoms with Crippen LogP contribution in [0.25, 0.3) is 89.5 Å². The zero-order valence-corrected chi connectivity index (χ0v) is 47.7. The van der Waals surface area contributed by atoms with Gasteiger partial charge in [-0.1, -0.05) is 263 Å². The highest BCUT2D eigenvalue weighted by Crippen LogP contribution is 2.53. The van der Waals surface area contributed by atoms with Crippen molar-refractivity contribution < 1.29 is 0 Å². The molecule has 0 saturated heterocycles. The molecule has 0 amide bonds. The predicted molar refractivity (Wildman–Crippen MR) is 358 cm³/mol. The van der Waals surface area contributed by atoms with E-state index in [1.165, 1.54) is 33.1 Å². The predicted octanol–water partition coefficient (Wildman–Crippen LogP) is 19.2. The van der Waals surface area contributed by atoms with Gasteiger partial charge < -0.3 is 9.80 Å². The fourth-order valence-electron chi connectivity index (χ4n) is 12.9. The van der Waals surface area contributed by atoms with Crippen LogP contribution in [0.5, 0.6) is 0 Å². The highest BCUT2D eigenvalue weighted by molar-refractivity contribution is 7.00. The summed E-state index contributed by atoms with van der Waals surface area (Å²) in [6.07, 6.45) is 0. The van der Waals surface area contributed by atoms with Gasteiger partial charge in [-0.15, -0.1) is 0 Å². The van der Waals surface area contributed by atoms with Gasteiger partial charge in [0, 0.05) is 45.0 Å². The number of nitrogens with zero attached hydrogens (tertiary/aromatic N) is 4. The van der Waals surface area contributed by atoms with Crippen LogP contribution in [0.1, 0.15) is 26.3 Å². The van der Waals surface area contributed by atoms with Crippen molar-refractivity contribution in [2.75, 3.05) is 9.80 Å². The third-order valence-electron chi connectivity index (χ3n) is 17.0. The van der Waals surface area contributed by atoms with Crippen molar-refractivity contribution >= 4 is 57.2 Å². The number of benzene rings is 11. The summed E-state index contributed by atoms with van der Waals surface area (Å²) in [6.45, 7) is 6.80. The van der Waals surface area contributed by atoms with Crippen LogP contribution >= 0.6 is 0 Å². The van der Waals surface area contributed by atoms with Gasteiger partial charge in [-0.25, -0.2) is 9.97 Å². The summed E-state index contributed by atoms with van der Waals surface area (Å²) in [6, 6.07) is 110. The first kappa shape index (κ1) is 51.3. The van der Waals surface area contributed by atoms with Crippen molar-refractivity contribution in [3.63, 3.8) is 0 Å². The molecular weight excluding hydrogens is 1030 g/mol. The first-order valence-corrected chi connectivity index (χ1v) is 29.4. The molecule has 4 heterocycles. The van der Waals surface area contributed by atoms with Crippen molar-refractivity contribution in [2.24, 2.45) is 0 Å². The number of hydrogen-bond acceptors (Lipinski definition) is 4. The smallest absolute Gasteiger partial charge is 0.252 e. The Hall–Kier alpha value is -10.6. The third-order valence-corrected chi connectivity index (χ3v) is 17.0. The minimum absolute atomic E-state index is 0.245. The Morgan fingerprint density at radius 1 is 0.294 bits per heavy atom. The minimum atomic E-state index is -0.270. The van der Waals surface area contributed by atoms with Gasteiger partial charge in [0.25, 0.3) is 6.71 Å². The standard InChI is InChI=1S/C80H59BN4/c1-80(2,3)62-52-73-77-74(53-62)85(64-46-42-57(43-47-64)55-26-12-5-13-27-55)79-68(51-49-66(59-30-16-7-17-31-59)76(79)72-39-23-37-70(83-72)61-34-20-9-21-35-61)81(77)67-50-48-65(58-28-14-6-15-29-58)75(71-38-22-36-69(82-71)60-32-18-8-19-33-60)78(67)84(73)63-44-40-56(41-45-63)54-24-10-4-11-25-54/h4-53H,1-3H3. The Bertz CT molecular complexity index is 4300. The lowest BCUT2D eigenvalue weighted by atomic mass is 9.33. The lowest BCUT2D eigenvalue weighted by Gasteiger charge is -2.46. The quantitative estimate of drug-likeness (QED) is 0.128. The summed E-state index contributed by atoms with van der Waals surface area (Å²) < 4.78 is 0. The molecule has 4 nitrogen and oxygen atoms in total. The van der Waals surface area contributed by atoms with Gasteiger partial charge in [-0.2, -0.15) is 0 Å². The van der Waals surface area contributed by atoms with Crippen LogP contribution in [0, 0.1) is 0 Å². The monoisotopic (exact) mass is 1090 g/mol. The first-order valence-electron chi connectivity index (χ1n) is 29.4. The number of fused-ring (bicyclic) bond motifs is 4. The second kappa shape index (κ2) is 21.3. The van der Waals surface area contributed by atoms with E-state index in [1.807, 2.05) is 0 Å². The van der Waals surface area contributed by atoms with Crippen LogP contribution in [0.3, 0.4) is 0 Å². The molecule has 11 aromatic carbocycles. The van der Waals surface area contributed by atoms with Crippen LogP contribution < -0.4 is 26.2 Å². The number of anilines is 6. The first-order chi connectivity index (χ1) is 41.8. The molecule has 13 aromatic rings. The molecule has 0 spiro atoms. The van der Waals surface area contributed by atoms with E-state index in [9.17, 15) is 0 Å². The van der Waals surface area contributed by atoms with Crippen LogP contribution in [0.4, 0.5) is 34.1 Å². The SMILES string of the molecule is CC(C)(C)c1cc2c3c(c1)N(c1ccc(-c4ccccc4)cc1)c1c(ccc(-c4ccccc4)c1-c1cccc(-c4ccccc4)n1)B3c1ccc(-c3ccccc3)c(-c3cccc(-c4ccccc4)n3)c1N2c1ccc(-c2ccccc2)cc1. The Morgan fingerprint density at radius 3 is 0.965 bits per heavy atom. The Balaban J connectivity index is 1.09. The summed E-state index contributed by atoms with van der Waals surface area (Å²) in [4.78, 5) is 16.6. The lowest BCUT2D eigenvalue weighted by molar-refractivity contribution is 0.590. The Labute approximate surface area is 498 Å². The normalized spacial score (nSPS) is 12.3. The van der Waals surface area contributed by atoms with E-state index in [4.69, 9.17) is 9.97 Å². The maximum atomic E-state index is 5.70. The molecule has 0 N–H and O–H groups in total. The van der Waals surface area contributed by atoms with E-state index in [2.05, 4.69) is 334 Å². The summed E-state index contributed by atoms with van der Waals surface area (Å²) in [7, 11) is 0.